The van der Waals surface area contributed by atoms with E-state index in [9.17, 15) is 9.59 Å². The van der Waals surface area contributed by atoms with Crippen molar-refractivity contribution in [2.75, 3.05) is 18.0 Å². The Bertz CT molecular complexity index is 1130. The standard InChI is InChI=1S/C24H24ClN3O3S/c1-15-22(32-24(26-15)17-7-9-18(25)10-8-17)23(31)27-19-5-3-11-28(14-19)20-6-2-4-16(12-20)13-21(29)30/h2,4,6-10,12,19H,3,5,11,13-14H2,1H3,(H,27,31)(H,29,30)/t19-/m1/s1. The predicted octanol–water partition coefficient (Wildman–Crippen LogP) is 4.80. The number of carbonyl (C=O) groups excluding carboxylic acids is 1. The molecule has 6 nitrogen and oxygen atoms in total. The predicted molar refractivity (Wildman–Crippen MR) is 128 cm³/mol. The molecule has 166 valence electrons. The van der Waals surface area contributed by atoms with Gasteiger partial charge in [-0.15, -0.1) is 11.3 Å². The molecule has 0 saturated carbocycles. The number of thiazole rings is 1. The molecule has 8 heteroatoms. The van der Waals surface area contributed by atoms with Crippen molar-refractivity contribution in [3.8, 4) is 10.6 Å². The number of aliphatic carboxylic acids is 1. The Labute approximate surface area is 195 Å². The average Bonchev–Trinajstić information content (AvgIpc) is 3.16. The van der Waals surface area contributed by atoms with Crippen LogP contribution < -0.4 is 10.2 Å². The van der Waals surface area contributed by atoms with Crippen LogP contribution in [0.25, 0.3) is 10.6 Å². The van der Waals surface area contributed by atoms with Gasteiger partial charge in [0.1, 0.15) is 9.88 Å². The molecule has 1 aromatic heterocycles. The quantitative estimate of drug-likeness (QED) is 0.542. The highest BCUT2D eigenvalue weighted by Gasteiger charge is 2.24. The minimum absolute atomic E-state index is 0.00243. The number of anilines is 1. The van der Waals surface area contributed by atoms with Gasteiger partial charge in [0.25, 0.3) is 5.91 Å². The van der Waals surface area contributed by atoms with Crippen LogP contribution in [0.15, 0.2) is 48.5 Å². The maximum Gasteiger partial charge on any atom is 0.307 e. The highest BCUT2D eigenvalue weighted by Crippen LogP contribution is 2.29. The van der Waals surface area contributed by atoms with E-state index in [1.165, 1.54) is 11.3 Å². The van der Waals surface area contributed by atoms with Crippen molar-refractivity contribution in [2.24, 2.45) is 0 Å². The molecule has 1 saturated heterocycles. The second-order valence-corrected chi connectivity index (χ2v) is 9.37. The molecule has 1 atom stereocenters. The van der Waals surface area contributed by atoms with Gasteiger partial charge in [0.05, 0.1) is 12.1 Å². The van der Waals surface area contributed by atoms with Crippen LogP contribution in [0.4, 0.5) is 5.69 Å². The molecule has 1 aliphatic rings. The normalized spacial score (nSPS) is 16.1. The molecular weight excluding hydrogens is 446 g/mol. The first kappa shape index (κ1) is 22.3. The summed E-state index contributed by atoms with van der Waals surface area (Å²) in [6.45, 7) is 3.42. The Hall–Kier alpha value is -2.90. The molecular formula is C24H24ClN3O3S. The average molecular weight is 470 g/mol. The molecule has 0 radical (unpaired) electrons. The summed E-state index contributed by atoms with van der Waals surface area (Å²) in [5, 5.41) is 13.7. The maximum absolute atomic E-state index is 13.0. The summed E-state index contributed by atoms with van der Waals surface area (Å²) in [7, 11) is 0. The third-order valence-corrected chi connectivity index (χ3v) is 6.94. The number of piperidine rings is 1. The Morgan fingerprint density at radius 1 is 1.25 bits per heavy atom. The number of hydrogen-bond donors (Lipinski definition) is 2. The maximum atomic E-state index is 13.0. The van der Waals surface area contributed by atoms with Crippen molar-refractivity contribution in [1.29, 1.82) is 0 Å². The lowest BCUT2D eigenvalue weighted by molar-refractivity contribution is -0.136. The summed E-state index contributed by atoms with van der Waals surface area (Å²) in [6.07, 6.45) is 1.85. The Kier molecular flexibility index (Phi) is 6.77. The summed E-state index contributed by atoms with van der Waals surface area (Å²) in [5.74, 6) is -0.949. The molecule has 4 rings (SSSR count). The van der Waals surface area contributed by atoms with Gasteiger partial charge in [-0.25, -0.2) is 4.98 Å². The van der Waals surface area contributed by atoms with Gasteiger partial charge in [-0.2, -0.15) is 0 Å². The summed E-state index contributed by atoms with van der Waals surface area (Å²) >= 11 is 7.35. The van der Waals surface area contributed by atoms with Crippen LogP contribution in [-0.4, -0.2) is 41.1 Å². The van der Waals surface area contributed by atoms with E-state index in [2.05, 4.69) is 15.2 Å². The van der Waals surface area contributed by atoms with Crippen LogP contribution in [0.2, 0.25) is 5.02 Å². The van der Waals surface area contributed by atoms with Gasteiger partial charge in [-0.1, -0.05) is 35.9 Å². The molecule has 0 unspecified atom stereocenters. The molecule has 3 aromatic rings. The lowest BCUT2D eigenvalue weighted by Gasteiger charge is -2.35. The van der Waals surface area contributed by atoms with Crippen molar-refractivity contribution in [1.82, 2.24) is 10.3 Å². The number of aryl methyl sites for hydroxylation is 1. The summed E-state index contributed by atoms with van der Waals surface area (Å²) in [6, 6.07) is 15.1. The lowest BCUT2D eigenvalue weighted by atomic mass is 10.0. The number of benzene rings is 2. The monoisotopic (exact) mass is 469 g/mol. The van der Waals surface area contributed by atoms with Crippen molar-refractivity contribution >= 4 is 40.5 Å². The fraction of sp³-hybridized carbons (Fsp3) is 0.292. The molecule has 1 fully saturated rings. The number of amides is 1. The number of rotatable bonds is 6. The van der Waals surface area contributed by atoms with Gasteiger partial charge in [-0.3, -0.25) is 9.59 Å². The van der Waals surface area contributed by atoms with Crippen LogP contribution >= 0.6 is 22.9 Å². The third-order valence-electron chi connectivity index (χ3n) is 5.48. The van der Waals surface area contributed by atoms with Gasteiger partial charge < -0.3 is 15.3 Å². The van der Waals surface area contributed by atoms with Crippen LogP contribution in [-0.2, 0) is 11.2 Å². The third kappa shape index (κ3) is 5.29. The van der Waals surface area contributed by atoms with Crippen LogP contribution in [0.1, 0.15) is 33.8 Å². The molecule has 1 aliphatic heterocycles. The topological polar surface area (TPSA) is 82.5 Å². The smallest absolute Gasteiger partial charge is 0.307 e. The summed E-state index contributed by atoms with van der Waals surface area (Å²) in [5.41, 5.74) is 3.41. The molecule has 1 amide bonds. The highest BCUT2D eigenvalue weighted by atomic mass is 35.5. The van der Waals surface area contributed by atoms with E-state index >= 15 is 0 Å². The number of nitrogens with zero attached hydrogens (tertiary/aromatic N) is 2. The van der Waals surface area contributed by atoms with E-state index in [1.807, 2.05) is 55.5 Å². The number of carboxylic acid groups (broad SMARTS) is 1. The summed E-state index contributed by atoms with van der Waals surface area (Å²) in [4.78, 5) is 31.4. The molecule has 0 aliphatic carbocycles. The van der Waals surface area contributed by atoms with Crippen molar-refractivity contribution < 1.29 is 14.7 Å². The Morgan fingerprint density at radius 2 is 2.03 bits per heavy atom. The second-order valence-electron chi connectivity index (χ2n) is 7.94. The first-order chi connectivity index (χ1) is 15.4. The minimum atomic E-state index is -0.844. The van der Waals surface area contributed by atoms with E-state index < -0.39 is 5.97 Å². The zero-order valence-corrected chi connectivity index (χ0v) is 19.2. The van der Waals surface area contributed by atoms with Crippen LogP contribution in [0.3, 0.4) is 0 Å². The van der Waals surface area contributed by atoms with Gasteiger partial charge in [-0.05, 0) is 49.6 Å². The molecule has 2 N–H and O–H groups in total. The molecule has 32 heavy (non-hydrogen) atoms. The second kappa shape index (κ2) is 9.71. The lowest BCUT2D eigenvalue weighted by Crippen LogP contribution is -2.47. The summed E-state index contributed by atoms with van der Waals surface area (Å²) < 4.78 is 0. The molecule has 2 heterocycles. The Balaban J connectivity index is 1.44. The van der Waals surface area contributed by atoms with Crippen molar-refractivity contribution in [2.45, 2.75) is 32.2 Å². The number of hydrogen-bond acceptors (Lipinski definition) is 5. The van der Waals surface area contributed by atoms with Gasteiger partial charge >= 0.3 is 5.97 Å². The zero-order valence-electron chi connectivity index (χ0n) is 17.7. The zero-order chi connectivity index (χ0) is 22.7. The molecule has 0 spiro atoms. The number of carbonyl (C=O) groups is 2. The van der Waals surface area contributed by atoms with E-state index in [1.54, 1.807) is 0 Å². The minimum Gasteiger partial charge on any atom is -0.481 e. The number of halogens is 1. The first-order valence-electron chi connectivity index (χ1n) is 10.5. The Morgan fingerprint density at radius 3 is 2.78 bits per heavy atom. The number of carboxylic acids is 1. The van der Waals surface area contributed by atoms with E-state index in [4.69, 9.17) is 16.7 Å². The van der Waals surface area contributed by atoms with Gasteiger partial charge in [0, 0.05) is 35.4 Å². The fourth-order valence-electron chi connectivity index (χ4n) is 3.94. The highest BCUT2D eigenvalue weighted by molar-refractivity contribution is 7.17. The van der Waals surface area contributed by atoms with Gasteiger partial charge in [0.2, 0.25) is 0 Å². The molecule has 0 bridgehead atoms. The SMILES string of the molecule is Cc1nc(-c2ccc(Cl)cc2)sc1C(=O)N[C@@H]1CCCN(c2cccc(CC(=O)O)c2)C1. The van der Waals surface area contributed by atoms with Gasteiger partial charge in [0.15, 0.2) is 0 Å². The van der Waals surface area contributed by atoms with Crippen LogP contribution in [0.5, 0.6) is 0 Å². The number of aromatic nitrogens is 1. The van der Waals surface area contributed by atoms with Crippen molar-refractivity contribution in [3.05, 3.63) is 69.7 Å². The van der Waals surface area contributed by atoms with E-state index in [0.29, 0.717) is 22.1 Å². The fourth-order valence-corrected chi connectivity index (χ4v) is 5.04. The van der Waals surface area contributed by atoms with E-state index in [-0.39, 0.29) is 18.4 Å². The van der Waals surface area contributed by atoms with E-state index in [0.717, 1.165) is 41.2 Å². The largest absolute Gasteiger partial charge is 0.481 e. The number of nitrogens with one attached hydrogen (secondary N) is 1. The first-order valence-corrected chi connectivity index (χ1v) is 11.7. The molecule has 2 aromatic carbocycles. The van der Waals surface area contributed by atoms with Crippen LogP contribution in [0, 0.1) is 6.92 Å². The van der Waals surface area contributed by atoms with Crippen molar-refractivity contribution in [3.63, 3.8) is 0 Å².